The number of hydrogen-bond acceptors (Lipinski definition) is 8. The van der Waals surface area contributed by atoms with Crippen LogP contribution in [0.5, 0.6) is 0 Å². The van der Waals surface area contributed by atoms with Crippen LogP contribution in [0.2, 0.25) is 0 Å². The number of morpholine rings is 1. The van der Waals surface area contributed by atoms with Gasteiger partial charge in [0.25, 0.3) is 0 Å². The van der Waals surface area contributed by atoms with E-state index in [-0.39, 0.29) is 17.3 Å². The van der Waals surface area contributed by atoms with E-state index in [1.165, 1.54) is 25.0 Å². The molecule has 0 bridgehead atoms. The van der Waals surface area contributed by atoms with Crippen molar-refractivity contribution < 1.29 is 13.5 Å². The fraction of sp³-hybridized carbons (Fsp3) is 0.441. The van der Waals surface area contributed by atoms with Crippen LogP contribution in [0.15, 0.2) is 57.9 Å². The Labute approximate surface area is 253 Å². The lowest BCUT2D eigenvalue weighted by Gasteiger charge is -2.27. The lowest BCUT2D eigenvalue weighted by atomic mass is 10.0. The number of benzene rings is 2. The van der Waals surface area contributed by atoms with Gasteiger partial charge in [-0.3, -0.25) is 4.79 Å². The van der Waals surface area contributed by atoms with Crippen molar-refractivity contribution in [3.8, 4) is 11.3 Å². The first-order valence-electron chi connectivity index (χ1n) is 15.1. The number of nitrogens with one attached hydrogen (secondary N) is 1. The van der Waals surface area contributed by atoms with Crippen molar-refractivity contribution in [2.45, 2.75) is 60.4 Å². The highest BCUT2D eigenvalue weighted by Crippen LogP contribution is 2.31. The maximum atomic E-state index is 15.1. The number of anilines is 4. The fourth-order valence-corrected chi connectivity index (χ4v) is 5.04. The van der Waals surface area contributed by atoms with Gasteiger partial charge in [-0.25, -0.2) is 14.4 Å². The normalized spacial score (nSPS) is 13.3. The summed E-state index contributed by atoms with van der Waals surface area (Å²) < 4.78 is 26.5. The predicted octanol–water partition coefficient (Wildman–Crippen LogP) is 7.56. The molecule has 0 spiro atoms. The van der Waals surface area contributed by atoms with Crippen molar-refractivity contribution in [2.24, 2.45) is 5.92 Å². The Bertz CT molecular complexity index is 1560. The molecule has 1 aliphatic heterocycles. The molecule has 0 amide bonds. The quantitative estimate of drug-likeness (QED) is 0.225. The smallest absolute Gasteiger partial charge is 0.227 e. The Kier molecular flexibility index (Phi) is 10.7. The lowest BCUT2D eigenvalue weighted by Crippen LogP contribution is -2.36. The van der Waals surface area contributed by atoms with Crippen molar-refractivity contribution in [2.75, 3.05) is 48.5 Å². The summed E-state index contributed by atoms with van der Waals surface area (Å²) in [5.74, 6) is 1.49. The van der Waals surface area contributed by atoms with E-state index in [2.05, 4.69) is 36.1 Å². The van der Waals surface area contributed by atoms with E-state index in [0.717, 1.165) is 11.5 Å². The molecule has 2 aromatic carbocycles. The molecule has 8 nitrogen and oxygen atoms in total. The molecule has 230 valence electrons. The molecule has 0 unspecified atom stereocenters. The Morgan fingerprint density at radius 1 is 1.07 bits per heavy atom. The van der Waals surface area contributed by atoms with Gasteiger partial charge in [0.2, 0.25) is 5.95 Å². The Morgan fingerprint density at radius 2 is 1.81 bits per heavy atom. The molecule has 1 fully saturated rings. The topological polar surface area (TPSA) is 83.7 Å². The van der Waals surface area contributed by atoms with E-state index in [1.54, 1.807) is 30.5 Å². The van der Waals surface area contributed by atoms with Crippen molar-refractivity contribution in [3.63, 3.8) is 0 Å². The van der Waals surface area contributed by atoms with Crippen molar-refractivity contribution in [1.82, 2.24) is 9.97 Å². The zero-order valence-electron chi connectivity index (χ0n) is 26.4. The summed E-state index contributed by atoms with van der Waals surface area (Å²) >= 11 is 0. The zero-order valence-corrected chi connectivity index (χ0v) is 26.4. The van der Waals surface area contributed by atoms with Gasteiger partial charge in [-0.2, -0.15) is 0 Å². The molecule has 0 atom stereocenters. The standard InChI is InChI=1S/C28H30FN5O3.C6H14/c1-17(2)33(4)27-18(3)13-19(14-22(27)29)23-7-8-30-28(32-23)31-20-5-6-21-24(35)16-26(37-25(21)15-20)34-9-11-36-12-10-34;1-4-5-6(2)3/h5-8,13-17H,9-12H2,1-4H3,(H,30,31,32);6H,4-5H2,1-3H3. The van der Waals surface area contributed by atoms with Crippen LogP contribution >= 0.6 is 0 Å². The molecule has 4 aromatic rings. The fourth-order valence-electron chi connectivity index (χ4n) is 5.04. The third kappa shape index (κ3) is 8.10. The molecule has 0 aliphatic carbocycles. The highest BCUT2D eigenvalue weighted by Gasteiger charge is 2.17. The largest absolute Gasteiger partial charge is 0.440 e. The maximum Gasteiger partial charge on any atom is 0.227 e. The summed E-state index contributed by atoms with van der Waals surface area (Å²) in [5, 5.41) is 3.67. The van der Waals surface area contributed by atoms with Gasteiger partial charge >= 0.3 is 0 Å². The molecular weight excluding hydrogens is 545 g/mol. The van der Waals surface area contributed by atoms with E-state index >= 15 is 4.39 Å². The number of fused-ring (bicyclic) bond motifs is 1. The molecule has 3 heterocycles. The summed E-state index contributed by atoms with van der Waals surface area (Å²) in [7, 11) is 1.89. The Morgan fingerprint density at radius 3 is 2.44 bits per heavy atom. The van der Waals surface area contributed by atoms with Crippen LogP contribution in [0.4, 0.5) is 27.6 Å². The highest BCUT2D eigenvalue weighted by atomic mass is 19.1. The molecule has 9 heteroatoms. The number of nitrogens with zero attached hydrogens (tertiary/aromatic N) is 4. The third-order valence-electron chi connectivity index (χ3n) is 7.49. The van der Waals surface area contributed by atoms with E-state index in [9.17, 15) is 4.79 Å². The first-order valence-corrected chi connectivity index (χ1v) is 15.1. The number of ether oxygens (including phenoxy) is 1. The second-order valence-electron chi connectivity index (χ2n) is 11.7. The molecule has 43 heavy (non-hydrogen) atoms. The van der Waals surface area contributed by atoms with Gasteiger partial charge in [-0.1, -0.05) is 33.6 Å². The predicted molar refractivity (Wildman–Crippen MR) is 174 cm³/mol. The number of rotatable bonds is 8. The van der Waals surface area contributed by atoms with E-state index in [1.807, 2.05) is 43.7 Å². The molecule has 1 aliphatic rings. The minimum Gasteiger partial charge on any atom is -0.440 e. The number of aromatic nitrogens is 2. The summed E-state index contributed by atoms with van der Waals surface area (Å²) in [6.45, 7) is 15.2. The van der Waals surface area contributed by atoms with Gasteiger partial charge in [0, 0.05) is 55.8 Å². The number of halogens is 1. The van der Waals surface area contributed by atoms with Gasteiger partial charge < -0.3 is 24.3 Å². The first-order chi connectivity index (χ1) is 20.6. The molecule has 2 aromatic heterocycles. The number of aryl methyl sites for hydroxylation is 1. The molecule has 1 saturated heterocycles. The monoisotopic (exact) mass is 589 g/mol. The summed E-state index contributed by atoms with van der Waals surface area (Å²) in [6, 6.07) is 12.1. The molecular formula is C34H44FN5O3. The highest BCUT2D eigenvalue weighted by molar-refractivity contribution is 5.82. The minimum absolute atomic E-state index is 0.100. The van der Waals surface area contributed by atoms with Gasteiger partial charge in [0.15, 0.2) is 11.3 Å². The summed E-state index contributed by atoms with van der Waals surface area (Å²) in [4.78, 5) is 25.5. The molecule has 0 saturated carbocycles. The average Bonchev–Trinajstić information content (AvgIpc) is 2.97. The van der Waals surface area contributed by atoms with Crippen LogP contribution in [-0.4, -0.2) is 49.4 Å². The van der Waals surface area contributed by atoms with Crippen LogP contribution in [0.3, 0.4) is 0 Å². The van der Waals surface area contributed by atoms with Crippen LogP contribution in [0.1, 0.15) is 53.0 Å². The van der Waals surface area contributed by atoms with E-state index in [4.69, 9.17) is 9.15 Å². The SMILES string of the molecule is CCCC(C)C.Cc1cc(-c2ccnc(Nc3ccc4c(=O)cc(N5CCOCC5)oc4c3)n2)cc(F)c1N(C)C(C)C. The maximum absolute atomic E-state index is 15.1. The van der Waals surface area contributed by atoms with Crippen LogP contribution in [0.25, 0.3) is 22.2 Å². The van der Waals surface area contributed by atoms with Gasteiger partial charge in [-0.05, 0) is 62.6 Å². The van der Waals surface area contributed by atoms with Gasteiger partial charge in [-0.15, -0.1) is 0 Å². The van der Waals surface area contributed by atoms with Crippen LogP contribution in [-0.2, 0) is 4.74 Å². The molecule has 0 radical (unpaired) electrons. The van der Waals surface area contributed by atoms with Crippen molar-refractivity contribution in [1.29, 1.82) is 0 Å². The lowest BCUT2D eigenvalue weighted by molar-refractivity contribution is 0.121. The van der Waals surface area contributed by atoms with Gasteiger partial charge in [0.05, 0.1) is 30.0 Å². The first kappa shape index (κ1) is 31.9. The summed E-state index contributed by atoms with van der Waals surface area (Å²) in [5.41, 5.74) is 3.72. The average molecular weight is 590 g/mol. The second-order valence-corrected chi connectivity index (χ2v) is 11.7. The van der Waals surface area contributed by atoms with E-state index in [0.29, 0.717) is 71.7 Å². The third-order valence-corrected chi connectivity index (χ3v) is 7.49. The minimum atomic E-state index is -0.292. The second kappa shape index (κ2) is 14.5. The van der Waals surface area contributed by atoms with Crippen molar-refractivity contribution in [3.05, 3.63) is 70.3 Å². The van der Waals surface area contributed by atoms with Crippen molar-refractivity contribution >= 4 is 34.2 Å². The Hall–Kier alpha value is -3.98. The van der Waals surface area contributed by atoms with E-state index < -0.39 is 0 Å². The van der Waals surface area contributed by atoms with Gasteiger partial charge in [0.1, 0.15) is 11.4 Å². The number of hydrogen-bond donors (Lipinski definition) is 1. The van der Waals surface area contributed by atoms with Crippen LogP contribution < -0.4 is 20.5 Å². The molecule has 5 rings (SSSR count). The molecule has 1 N–H and O–H groups in total. The zero-order chi connectivity index (χ0) is 31.1. The Balaban J connectivity index is 0.000000641. The van der Waals surface area contributed by atoms with Crippen LogP contribution in [0, 0.1) is 18.7 Å². The summed E-state index contributed by atoms with van der Waals surface area (Å²) in [6.07, 6.45) is 4.33.